The van der Waals surface area contributed by atoms with Crippen LogP contribution in [0, 0.1) is 13.8 Å². The molecule has 0 N–H and O–H groups in total. The van der Waals surface area contributed by atoms with Gasteiger partial charge in [0.1, 0.15) is 5.69 Å². The van der Waals surface area contributed by atoms with E-state index < -0.39 is 0 Å². The number of hydrogen-bond acceptors (Lipinski definition) is 2. The summed E-state index contributed by atoms with van der Waals surface area (Å²) in [7, 11) is 0. The Morgan fingerprint density at radius 2 is 1.94 bits per heavy atom. The lowest BCUT2D eigenvalue weighted by atomic mass is 10.1. The lowest BCUT2D eigenvalue weighted by molar-refractivity contribution is 0.103. The van der Waals surface area contributed by atoms with Crippen LogP contribution < -0.4 is 0 Å². The number of pyridine rings is 1. The van der Waals surface area contributed by atoms with Crippen molar-refractivity contribution in [1.29, 1.82) is 0 Å². The largest absolute Gasteiger partial charge is 0.287 e. The zero-order valence-electron chi connectivity index (χ0n) is 9.70. The second-order valence-corrected chi connectivity index (χ2v) is 4.36. The van der Waals surface area contributed by atoms with Gasteiger partial charge in [0.05, 0.1) is 0 Å². The monoisotopic (exact) mass is 245 g/mol. The van der Waals surface area contributed by atoms with Crippen molar-refractivity contribution < 1.29 is 4.79 Å². The van der Waals surface area contributed by atoms with Crippen LogP contribution in [0.25, 0.3) is 0 Å². The van der Waals surface area contributed by atoms with Crippen LogP contribution in [0.5, 0.6) is 0 Å². The lowest BCUT2D eigenvalue weighted by Gasteiger charge is -2.03. The van der Waals surface area contributed by atoms with Crippen molar-refractivity contribution in [3.63, 3.8) is 0 Å². The minimum Gasteiger partial charge on any atom is -0.287 e. The minimum atomic E-state index is -0.101. The summed E-state index contributed by atoms with van der Waals surface area (Å²) < 4.78 is 0. The highest BCUT2D eigenvalue weighted by Crippen LogP contribution is 2.18. The first-order valence-electron chi connectivity index (χ1n) is 5.32. The fourth-order valence-electron chi connectivity index (χ4n) is 1.55. The van der Waals surface area contributed by atoms with Gasteiger partial charge in [-0.15, -0.1) is 0 Å². The molecule has 86 valence electrons. The Morgan fingerprint density at radius 1 is 1.18 bits per heavy atom. The Kier molecular flexibility index (Phi) is 3.25. The molecule has 0 aliphatic rings. The van der Waals surface area contributed by atoms with Crippen LogP contribution >= 0.6 is 11.6 Å². The Balaban J connectivity index is 2.40. The Labute approximate surface area is 105 Å². The smallest absolute Gasteiger partial charge is 0.211 e. The van der Waals surface area contributed by atoms with E-state index in [2.05, 4.69) is 4.98 Å². The lowest BCUT2D eigenvalue weighted by Crippen LogP contribution is -2.04. The first-order chi connectivity index (χ1) is 8.08. The molecule has 1 aromatic heterocycles. The van der Waals surface area contributed by atoms with Gasteiger partial charge in [-0.25, -0.2) is 4.98 Å². The molecule has 0 unspecified atom stereocenters. The van der Waals surface area contributed by atoms with Crippen LogP contribution in [-0.2, 0) is 0 Å². The van der Waals surface area contributed by atoms with Crippen molar-refractivity contribution in [2.75, 3.05) is 0 Å². The second kappa shape index (κ2) is 4.68. The third-order valence-electron chi connectivity index (χ3n) is 2.55. The van der Waals surface area contributed by atoms with Gasteiger partial charge in [-0.2, -0.15) is 0 Å². The van der Waals surface area contributed by atoms with Crippen molar-refractivity contribution in [2.24, 2.45) is 0 Å². The number of halogens is 1. The van der Waals surface area contributed by atoms with Gasteiger partial charge in [0, 0.05) is 16.3 Å². The van der Waals surface area contributed by atoms with Crippen LogP contribution in [0.3, 0.4) is 0 Å². The zero-order valence-corrected chi connectivity index (χ0v) is 10.5. The maximum Gasteiger partial charge on any atom is 0.211 e. The molecule has 0 spiro atoms. The Bertz CT molecular complexity index is 578. The predicted octanol–water partition coefficient (Wildman–Crippen LogP) is 3.58. The highest BCUT2D eigenvalue weighted by molar-refractivity contribution is 6.31. The zero-order chi connectivity index (χ0) is 12.4. The van der Waals surface area contributed by atoms with Crippen molar-refractivity contribution in [2.45, 2.75) is 13.8 Å². The van der Waals surface area contributed by atoms with Gasteiger partial charge >= 0.3 is 0 Å². The normalized spacial score (nSPS) is 10.3. The average molecular weight is 246 g/mol. The van der Waals surface area contributed by atoms with Crippen molar-refractivity contribution in [1.82, 2.24) is 4.98 Å². The van der Waals surface area contributed by atoms with E-state index in [9.17, 15) is 4.79 Å². The summed E-state index contributed by atoms with van der Waals surface area (Å²) in [6, 6.07) is 10.7. The van der Waals surface area contributed by atoms with Gasteiger partial charge in [-0.1, -0.05) is 29.8 Å². The molecule has 0 atom stereocenters. The molecule has 1 aromatic carbocycles. The molecule has 0 amide bonds. The summed E-state index contributed by atoms with van der Waals surface area (Å²) in [6.07, 6.45) is 0. The fourth-order valence-corrected chi connectivity index (χ4v) is 1.73. The molecule has 0 radical (unpaired) electrons. The number of carbonyl (C=O) groups excluding carboxylic acids is 1. The molecule has 0 aliphatic carbocycles. The van der Waals surface area contributed by atoms with Crippen LogP contribution in [-0.4, -0.2) is 10.8 Å². The summed E-state index contributed by atoms with van der Waals surface area (Å²) in [5.74, 6) is -0.101. The fraction of sp³-hybridized carbons (Fsp3) is 0.143. The molecule has 0 bridgehead atoms. The standard InChI is InChI=1S/C14H12ClNO/c1-9-6-7-11(8-12(9)15)14(17)13-5-3-4-10(2)16-13/h3-8H,1-2H3. The summed E-state index contributed by atoms with van der Waals surface area (Å²) in [5.41, 5.74) is 2.80. The van der Waals surface area contributed by atoms with Crippen LogP contribution in [0.2, 0.25) is 5.02 Å². The van der Waals surface area contributed by atoms with Gasteiger partial charge < -0.3 is 0 Å². The van der Waals surface area contributed by atoms with Crippen molar-refractivity contribution in [3.05, 3.63) is 63.9 Å². The predicted molar refractivity (Wildman–Crippen MR) is 68.6 cm³/mol. The first-order valence-corrected chi connectivity index (χ1v) is 5.70. The molecule has 2 nitrogen and oxygen atoms in total. The number of aryl methyl sites for hydroxylation is 2. The number of carbonyl (C=O) groups is 1. The van der Waals surface area contributed by atoms with E-state index in [-0.39, 0.29) is 5.78 Å². The van der Waals surface area contributed by atoms with Gasteiger partial charge in [-0.05, 0) is 37.6 Å². The molecule has 0 aliphatic heterocycles. The molecular formula is C14H12ClNO. The first kappa shape index (κ1) is 11.8. The van der Waals surface area contributed by atoms with E-state index in [0.29, 0.717) is 16.3 Å². The molecule has 17 heavy (non-hydrogen) atoms. The minimum absolute atomic E-state index is 0.101. The Morgan fingerprint density at radius 3 is 2.59 bits per heavy atom. The molecule has 0 saturated carbocycles. The van der Waals surface area contributed by atoms with E-state index in [1.807, 2.05) is 32.0 Å². The van der Waals surface area contributed by atoms with E-state index in [4.69, 9.17) is 11.6 Å². The number of ketones is 1. The molecule has 0 saturated heterocycles. The van der Waals surface area contributed by atoms with Gasteiger partial charge in [0.2, 0.25) is 5.78 Å². The van der Waals surface area contributed by atoms with Gasteiger partial charge in [-0.3, -0.25) is 4.79 Å². The number of nitrogens with zero attached hydrogens (tertiary/aromatic N) is 1. The van der Waals surface area contributed by atoms with E-state index >= 15 is 0 Å². The molecule has 0 fully saturated rings. The summed E-state index contributed by atoms with van der Waals surface area (Å²) in [5, 5.41) is 0.600. The summed E-state index contributed by atoms with van der Waals surface area (Å²) in [6.45, 7) is 3.76. The number of hydrogen-bond donors (Lipinski definition) is 0. The number of rotatable bonds is 2. The quantitative estimate of drug-likeness (QED) is 0.757. The topological polar surface area (TPSA) is 30.0 Å². The molecular weight excluding hydrogens is 234 g/mol. The SMILES string of the molecule is Cc1cccc(C(=O)c2ccc(C)c(Cl)c2)n1. The molecule has 3 heteroatoms. The third kappa shape index (κ3) is 2.53. The van der Waals surface area contributed by atoms with Crippen LogP contribution in [0.1, 0.15) is 27.3 Å². The molecule has 2 aromatic rings. The van der Waals surface area contributed by atoms with Crippen LogP contribution in [0.4, 0.5) is 0 Å². The van der Waals surface area contributed by atoms with Gasteiger partial charge in [0.15, 0.2) is 0 Å². The van der Waals surface area contributed by atoms with Crippen molar-refractivity contribution in [3.8, 4) is 0 Å². The summed E-state index contributed by atoms with van der Waals surface area (Å²) in [4.78, 5) is 16.3. The van der Waals surface area contributed by atoms with E-state index in [0.717, 1.165) is 11.3 Å². The van der Waals surface area contributed by atoms with Gasteiger partial charge in [0.25, 0.3) is 0 Å². The van der Waals surface area contributed by atoms with E-state index in [1.54, 1.807) is 18.2 Å². The second-order valence-electron chi connectivity index (χ2n) is 3.96. The molecule has 1 heterocycles. The highest BCUT2D eigenvalue weighted by atomic mass is 35.5. The molecule has 2 rings (SSSR count). The van der Waals surface area contributed by atoms with E-state index in [1.165, 1.54) is 0 Å². The highest BCUT2D eigenvalue weighted by Gasteiger charge is 2.11. The summed E-state index contributed by atoms with van der Waals surface area (Å²) >= 11 is 6.00. The van der Waals surface area contributed by atoms with Crippen molar-refractivity contribution >= 4 is 17.4 Å². The van der Waals surface area contributed by atoms with Crippen LogP contribution in [0.15, 0.2) is 36.4 Å². The maximum atomic E-state index is 12.1. The average Bonchev–Trinajstić information content (AvgIpc) is 2.32. The number of benzene rings is 1. The maximum absolute atomic E-state index is 12.1. The Hall–Kier alpha value is -1.67. The third-order valence-corrected chi connectivity index (χ3v) is 2.96. The number of aromatic nitrogens is 1.